The number of rotatable bonds is 0. The van der Waals surface area contributed by atoms with E-state index in [1.54, 1.807) is 0 Å². The number of carbonyl (C=O) groups is 1. The van der Waals surface area contributed by atoms with Crippen molar-refractivity contribution in [1.82, 2.24) is 0 Å². The van der Waals surface area contributed by atoms with E-state index in [2.05, 4.69) is 26.8 Å². The van der Waals surface area contributed by atoms with E-state index < -0.39 is 12.2 Å². The predicted octanol–water partition coefficient (Wildman–Crippen LogP) is 2.55. The Morgan fingerprint density at radius 2 is 1.86 bits per heavy atom. The van der Waals surface area contributed by atoms with Crippen LogP contribution in [0.3, 0.4) is 0 Å². The minimum atomic E-state index is -0.520. The van der Waals surface area contributed by atoms with Crippen LogP contribution in [0.4, 0.5) is 0 Å². The van der Waals surface area contributed by atoms with Gasteiger partial charge in [-0.3, -0.25) is 4.79 Å². The molecule has 0 spiro atoms. The Bertz CT molecular complexity index is 777. The maximum Gasteiger partial charge on any atom is 0.312 e. The van der Waals surface area contributed by atoms with Crippen LogP contribution in [0.5, 0.6) is 0 Å². The molecule has 0 unspecified atom stereocenters. The molecule has 3 aliphatic carbocycles. The minimum Gasteiger partial charge on any atom is -0.462 e. The van der Waals surface area contributed by atoms with E-state index in [1.165, 1.54) is 5.57 Å². The summed E-state index contributed by atoms with van der Waals surface area (Å²) < 4.78 is 12.7. The van der Waals surface area contributed by atoms with Gasteiger partial charge >= 0.3 is 5.97 Å². The Balaban J connectivity index is 1.50. The number of hydrogen-bond donors (Lipinski definition) is 2. The van der Waals surface area contributed by atoms with E-state index in [4.69, 9.17) is 9.47 Å². The highest BCUT2D eigenvalue weighted by Crippen LogP contribution is 2.66. The van der Waals surface area contributed by atoms with Crippen LogP contribution in [0.2, 0.25) is 0 Å². The van der Waals surface area contributed by atoms with Crippen molar-refractivity contribution in [2.75, 3.05) is 0 Å². The third kappa shape index (κ3) is 2.20. The first kappa shape index (κ1) is 18.8. The zero-order valence-electron chi connectivity index (χ0n) is 17.8. The van der Waals surface area contributed by atoms with E-state index >= 15 is 0 Å². The monoisotopic (exact) mass is 402 g/mol. The lowest BCUT2D eigenvalue weighted by molar-refractivity contribution is -0.239. The zero-order chi connectivity index (χ0) is 20.4. The number of ether oxygens (including phenoxy) is 2. The quantitative estimate of drug-likeness (QED) is 0.481. The van der Waals surface area contributed by atoms with E-state index in [-0.39, 0.29) is 65.2 Å². The van der Waals surface area contributed by atoms with E-state index in [1.807, 2.05) is 6.92 Å². The molecule has 0 radical (unpaired) electrons. The van der Waals surface area contributed by atoms with E-state index in [0.717, 1.165) is 19.3 Å². The summed E-state index contributed by atoms with van der Waals surface area (Å²) in [6.45, 7) is 8.59. The first-order valence-corrected chi connectivity index (χ1v) is 11.7. The molecule has 3 bridgehead atoms. The molecule has 160 valence electrons. The molecule has 0 aromatic heterocycles. The molecule has 6 rings (SSSR count). The highest BCUT2D eigenvalue weighted by Gasteiger charge is 2.69. The number of carbonyl (C=O) groups excluding carboxylic acids is 1. The van der Waals surface area contributed by atoms with Gasteiger partial charge in [0.05, 0.1) is 29.8 Å². The molecule has 6 aliphatic rings. The summed E-state index contributed by atoms with van der Waals surface area (Å²) in [5.74, 6) is 0.825. The molecule has 5 fully saturated rings. The fourth-order valence-electron chi connectivity index (χ4n) is 8.72. The van der Waals surface area contributed by atoms with Gasteiger partial charge in [-0.15, -0.1) is 0 Å². The minimum absolute atomic E-state index is 0.0116. The van der Waals surface area contributed by atoms with Crippen molar-refractivity contribution >= 4 is 5.97 Å². The molecule has 0 aromatic rings. The number of hydrogen-bond acceptors (Lipinski definition) is 5. The lowest BCUT2D eigenvalue weighted by Crippen LogP contribution is -2.60. The molecule has 3 aliphatic heterocycles. The first-order valence-electron chi connectivity index (χ1n) is 11.7. The average molecular weight is 403 g/mol. The molecule has 29 heavy (non-hydrogen) atoms. The largest absolute Gasteiger partial charge is 0.462 e. The molecule has 2 saturated carbocycles. The van der Waals surface area contributed by atoms with Crippen LogP contribution < -0.4 is 0 Å². The summed E-state index contributed by atoms with van der Waals surface area (Å²) in [7, 11) is 0. The number of aliphatic hydroxyl groups is 2. The Morgan fingerprint density at radius 1 is 1.10 bits per heavy atom. The fraction of sp³-hybridized carbons (Fsp3) is 0.875. The maximum atomic E-state index is 13.2. The van der Waals surface area contributed by atoms with Crippen LogP contribution in [-0.4, -0.2) is 46.2 Å². The van der Waals surface area contributed by atoms with Gasteiger partial charge in [-0.25, -0.2) is 0 Å². The molecule has 0 amide bonds. The lowest BCUT2D eigenvalue weighted by Gasteiger charge is -2.53. The van der Waals surface area contributed by atoms with E-state index in [9.17, 15) is 15.0 Å². The maximum absolute atomic E-state index is 13.2. The van der Waals surface area contributed by atoms with Gasteiger partial charge in [-0.1, -0.05) is 25.5 Å². The number of esters is 1. The first-order chi connectivity index (χ1) is 13.7. The topological polar surface area (TPSA) is 76.0 Å². The second-order valence-corrected chi connectivity index (χ2v) is 11.3. The summed E-state index contributed by atoms with van der Waals surface area (Å²) in [5.41, 5.74) is 1.10. The van der Waals surface area contributed by atoms with Crippen LogP contribution in [0, 0.1) is 53.3 Å². The highest BCUT2D eigenvalue weighted by atomic mass is 16.6. The van der Waals surface area contributed by atoms with Crippen molar-refractivity contribution in [2.24, 2.45) is 53.3 Å². The van der Waals surface area contributed by atoms with Gasteiger partial charge < -0.3 is 19.7 Å². The van der Waals surface area contributed by atoms with Crippen LogP contribution in [0.15, 0.2) is 11.6 Å². The molecule has 3 heterocycles. The molecule has 14 atom stereocenters. The van der Waals surface area contributed by atoms with Crippen molar-refractivity contribution in [3.05, 3.63) is 11.6 Å². The molecule has 5 heteroatoms. The van der Waals surface area contributed by atoms with Gasteiger partial charge in [0, 0.05) is 17.8 Å². The van der Waals surface area contributed by atoms with Crippen molar-refractivity contribution in [1.29, 1.82) is 0 Å². The third-order valence-electron chi connectivity index (χ3n) is 10.2. The van der Waals surface area contributed by atoms with Crippen LogP contribution in [0.25, 0.3) is 0 Å². The molecule has 3 saturated heterocycles. The number of allylic oxidation sites excluding steroid dienone is 1. The summed E-state index contributed by atoms with van der Waals surface area (Å²) in [6.07, 6.45) is 3.92. The normalized spacial score (nSPS) is 62.6. The predicted molar refractivity (Wildman–Crippen MR) is 106 cm³/mol. The van der Waals surface area contributed by atoms with Crippen molar-refractivity contribution < 1.29 is 24.5 Å². The zero-order valence-corrected chi connectivity index (χ0v) is 17.8. The Morgan fingerprint density at radius 3 is 2.62 bits per heavy atom. The van der Waals surface area contributed by atoms with Crippen LogP contribution in [-0.2, 0) is 14.3 Å². The summed E-state index contributed by atoms with van der Waals surface area (Å²) >= 11 is 0. The van der Waals surface area contributed by atoms with Crippen molar-refractivity contribution in [3.63, 3.8) is 0 Å². The van der Waals surface area contributed by atoms with Crippen molar-refractivity contribution in [3.8, 4) is 0 Å². The van der Waals surface area contributed by atoms with Gasteiger partial charge in [-0.05, 0) is 62.7 Å². The smallest absolute Gasteiger partial charge is 0.312 e. The van der Waals surface area contributed by atoms with E-state index in [0.29, 0.717) is 11.8 Å². The number of aliphatic hydroxyl groups excluding tert-OH is 2. The van der Waals surface area contributed by atoms with Crippen LogP contribution in [0.1, 0.15) is 47.0 Å². The second kappa shape index (κ2) is 5.86. The summed E-state index contributed by atoms with van der Waals surface area (Å²) in [6, 6.07) is 0. The lowest BCUT2D eigenvalue weighted by atomic mass is 9.60. The molecule has 0 aromatic carbocycles. The number of fused-ring (bicyclic) bond motifs is 9. The summed E-state index contributed by atoms with van der Waals surface area (Å²) in [4.78, 5) is 13.2. The van der Waals surface area contributed by atoms with Gasteiger partial charge in [0.25, 0.3) is 0 Å². The Labute approximate surface area is 172 Å². The average Bonchev–Trinajstić information content (AvgIpc) is 3.16. The summed E-state index contributed by atoms with van der Waals surface area (Å²) in [5, 5.41) is 22.0. The second-order valence-electron chi connectivity index (χ2n) is 11.3. The Hall–Kier alpha value is -0.910. The van der Waals surface area contributed by atoms with Gasteiger partial charge in [0.15, 0.2) is 0 Å². The van der Waals surface area contributed by atoms with Gasteiger partial charge in [0.2, 0.25) is 0 Å². The highest BCUT2D eigenvalue weighted by molar-refractivity contribution is 5.75. The van der Waals surface area contributed by atoms with Crippen molar-refractivity contribution in [2.45, 2.75) is 77.0 Å². The van der Waals surface area contributed by atoms with Gasteiger partial charge in [-0.2, -0.15) is 0 Å². The molecular weight excluding hydrogens is 368 g/mol. The third-order valence-corrected chi connectivity index (χ3v) is 10.2. The molecule has 2 N–H and O–H groups in total. The standard InChI is InChI=1S/C24H34O5/c1-9-7-13-17(21(26)11(3)20(13)25)16-12(9)8-14-18(16)19-22-10(2)15(28-23(19)27)5-6-24(14,4)29-22/h7,10-22,25-26H,5-6,8H2,1-4H3/t10-,11+,12+,13-,14-,15-,16+,17+,18-,19-,20+,21-,22-,24-/m1/s1. The van der Waals surface area contributed by atoms with Gasteiger partial charge in [0.1, 0.15) is 6.10 Å². The van der Waals surface area contributed by atoms with Crippen LogP contribution >= 0.6 is 0 Å². The molecular formula is C24H34O5. The Kier molecular flexibility index (Phi) is 3.81. The fourth-order valence-corrected chi connectivity index (χ4v) is 8.72. The SMILES string of the molecule is CC1=C[C@H]2[C@@H](O)[C@H](C)[C@@H](O)[C@@H]2[C@H]2[C@@H]3[C@H]4C(=O)O[C@@H]5CC[C@@](C)(O[C@@H]4[C@@H]5C)[C@@H]3C[C@@H]12. The molecule has 5 nitrogen and oxygen atoms in total.